The lowest BCUT2D eigenvalue weighted by molar-refractivity contribution is 0.0206. The number of carbonyl (C=O) groups is 1. The zero-order valence-corrected chi connectivity index (χ0v) is 15.0. The number of nitrogens with zero attached hydrogens (tertiary/aromatic N) is 2. The summed E-state index contributed by atoms with van der Waals surface area (Å²) >= 11 is 0. The normalized spacial score (nSPS) is 18.0. The molecule has 0 aromatic heterocycles. The van der Waals surface area contributed by atoms with Crippen molar-refractivity contribution in [2.75, 3.05) is 46.2 Å². The van der Waals surface area contributed by atoms with Gasteiger partial charge in [0.25, 0.3) is 0 Å². The second-order valence-electron chi connectivity index (χ2n) is 6.39. The first-order valence-corrected chi connectivity index (χ1v) is 8.90. The lowest BCUT2D eigenvalue weighted by Gasteiger charge is -2.33. The topological polar surface area (TPSA) is 63.3 Å². The summed E-state index contributed by atoms with van der Waals surface area (Å²) in [6.07, 6.45) is 0. The number of ether oxygens (including phenoxy) is 3. The van der Waals surface area contributed by atoms with Crippen molar-refractivity contribution in [2.45, 2.75) is 26.4 Å². The van der Waals surface area contributed by atoms with Crippen LogP contribution in [0, 0.1) is 0 Å². The molecule has 0 bridgehead atoms. The fourth-order valence-corrected chi connectivity index (χ4v) is 3.08. The van der Waals surface area contributed by atoms with Crippen molar-refractivity contribution in [1.29, 1.82) is 0 Å². The summed E-state index contributed by atoms with van der Waals surface area (Å²) in [5, 5.41) is 3.05. The minimum Gasteiger partial charge on any atom is -0.454 e. The molecule has 1 aromatic rings. The van der Waals surface area contributed by atoms with Crippen LogP contribution in [0.5, 0.6) is 11.5 Å². The molecule has 0 saturated carbocycles. The fourth-order valence-electron chi connectivity index (χ4n) is 3.08. The Morgan fingerprint density at radius 3 is 2.80 bits per heavy atom. The third kappa shape index (κ3) is 4.55. The van der Waals surface area contributed by atoms with Gasteiger partial charge < -0.3 is 24.4 Å². The molecule has 1 fully saturated rings. The Labute approximate surface area is 148 Å². The van der Waals surface area contributed by atoms with Crippen LogP contribution < -0.4 is 14.8 Å². The molecule has 2 heterocycles. The fraction of sp³-hybridized carbons (Fsp3) is 0.611. The van der Waals surface area contributed by atoms with Crippen molar-refractivity contribution in [1.82, 2.24) is 15.1 Å². The van der Waals surface area contributed by atoms with Gasteiger partial charge in [-0.3, -0.25) is 4.90 Å². The molecule has 2 aliphatic rings. The van der Waals surface area contributed by atoms with Crippen molar-refractivity contribution in [3.05, 3.63) is 23.8 Å². The number of morpholine rings is 1. The summed E-state index contributed by atoms with van der Waals surface area (Å²) in [4.78, 5) is 16.7. The first kappa shape index (κ1) is 17.8. The van der Waals surface area contributed by atoms with Gasteiger partial charge in [-0.1, -0.05) is 6.07 Å². The number of hydrogen-bond acceptors (Lipinski definition) is 5. The smallest absolute Gasteiger partial charge is 0.317 e. The Morgan fingerprint density at radius 2 is 2.04 bits per heavy atom. The van der Waals surface area contributed by atoms with Gasteiger partial charge in [0.15, 0.2) is 11.5 Å². The largest absolute Gasteiger partial charge is 0.454 e. The van der Waals surface area contributed by atoms with E-state index in [1.165, 1.54) is 0 Å². The molecule has 1 aromatic carbocycles. The maximum Gasteiger partial charge on any atom is 0.317 e. The molecule has 7 nitrogen and oxygen atoms in total. The number of nitrogens with one attached hydrogen (secondary N) is 1. The lowest BCUT2D eigenvalue weighted by Crippen LogP contribution is -2.49. The Hall–Kier alpha value is -1.99. The second kappa shape index (κ2) is 8.40. The van der Waals surface area contributed by atoms with E-state index in [9.17, 15) is 4.79 Å². The molecule has 25 heavy (non-hydrogen) atoms. The molecule has 0 aliphatic carbocycles. The highest BCUT2D eigenvalue weighted by molar-refractivity contribution is 5.74. The van der Waals surface area contributed by atoms with Crippen molar-refractivity contribution < 1.29 is 19.0 Å². The summed E-state index contributed by atoms with van der Waals surface area (Å²) in [6.45, 7) is 9.59. The van der Waals surface area contributed by atoms with Gasteiger partial charge in [-0.25, -0.2) is 4.79 Å². The highest BCUT2D eigenvalue weighted by Gasteiger charge is 2.20. The maximum atomic E-state index is 12.5. The highest BCUT2D eigenvalue weighted by Crippen LogP contribution is 2.32. The highest BCUT2D eigenvalue weighted by atomic mass is 16.7. The summed E-state index contributed by atoms with van der Waals surface area (Å²) < 4.78 is 16.1. The number of amides is 2. The minimum atomic E-state index is -0.0414. The number of fused-ring (bicyclic) bond motifs is 1. The molecular weight excluding hydrogens is 322 g/mol. The zero-order valence-electron chi connectivity index (χ0n) is 15.0. The zero-order chi connectivity index (χ0) is 17.6. The number of hydrogen-bond donors (Lipinski definition) is 1. The Balaban J connectivity index is 1.50. The molecule has 2 aliphatic heterocycles. The van der Waals surface area contributed by atoms with E-state index < -0.39 is 0 Å². The Bertz CT molecular complexity index is 590. The number of benzene rings is 1. The molecular formula is C18H27N3O4. The van der Waals surface area contributed by atoms with E-state index in [4.69, 9.17) is 14.2 Å². The number of rotatable bonds is 6. The molecule has 7 heteroatoms. The van der Waals surface area contributed by atoms with E-state index in [0.717, 1.165) is 43.4 Å². The van der Waals surface area contributed by atoms with E-state index in [2.05, 4.69) is 17.1 Å². The quantitative estimate of drug-likeness (QED) is 0.846. The van der Waals surface area contributed by atoms with Gasteiger partial charge in [-0.05, 0) is 31.5 Å². The Morgan fingerprint density at radius 1 is 1.28 bits per heavy atom. The summed E-state index contributed by atoms with van der Waals surface area (Å²) in [7, 11) is 0. The first-order valence-electron chi connectivity index (χ1n) is 8.90. The lowest BCUT2D eigenvalue weighted by atomic mass is 10.2. The van der Waals surface area contributed by atoms with Crippen molar-refractivity contribution in [3.63, 3.8) is 0 Å². The average molecular weight is 349 g/mol. The molecule has 1 saturated heterocycles. The van der Waals surface area contributed by atoms with Crippen molar-refractivity contribution in [2.24, 2.45) is 0 Å². The van der Waals surface area contributed by atoms with Gasteiger partial charge in [0.2, 0.25) is 6.79 Å². The molecule has 0 spiro atoms. The minimum absolute atomic E-state index is 0.0414. The van der Waals surface area contributed by atoms with Crippen LogP contribution in [0.15, 0.2) is 18.2 Å². The third-order valence-electron chi connectivity index (χ3n) is 4.70. The predicted molar refractivity (Wildman–Crippen MR) is 93.9 cm³/mol. The van der Waals surface area contributed by atoms with Gasteiger partial charge >= 0.3 is 6.03 Å². The van der Waals surface area contributed by atoms with E-state index in [-0.39, 0.29) is 12.8 Å². The predicted octanol–water partition coefficient (Wildman–Crippen LogP) is 1.67. The molecule has 1 N–H and O–H groups in total. The number of carbonyl (C=O) groups excluding carboxylic acids is 1. The average Bonchev–Trinajstić information content (AvgIpc) is 3.12. The SMILES string of the molecule is CCN(Cc1ccc2c(c1)OCO2)C(=O)NC[C@@H](C)N1CCOCC1. The standard InChI is InChI=1S/C18H27N3O4/c1-3-20(12-15-4-5-16-17(10-15)25-13-24-16)18(22)19-11-14(2)21-6-8-23-9-7-21/h4-5,10,14H,3,6-9,11-13H2,1-2H3,(H,19,22)/t14-/m1/s1. The van der Waals surface area contributed by atoms with Crippen LogP contribution in [0.3, 0.4) is 0 Å². The van der Waals surface area contributed by atoms with Gasteiger partial charge in [0, 0.05) is 38.8 Å². The molecule has 0 radical (unpaired) electrons. The third-order valence-corrected chi connectivity index (χ3v) is 4.70. The van der Waals surface area contributed by atoms with Crippen LogP contribution in [-0.4, -0.2) is 68.1 Å². The van der Waals surface area contributed by atoms with Crippen LogP contribution in [-0.2, 0) is 11.3 Å². The number of urea groups is 1. The summed E-state index contributed by atoms with van der Waals surface area (Å²) in [5.74, 6) is 1.51. The molecule has 0 unspecified atom stereocenters. The van der Waals surface area contributed by atoms with Gasteiger partial charge in [0.1, 0.15) is 0 Å². The summed E-state index contributed by atoms with van der Waals surface area (Å²) in [6, 6.07) is 6.07. The molecule has 1 atom stereocenters. The molecule has 3 rings (SSSR count). The Kier molecular flexibility index (Phi) is 5.99. The van der Waals surface area contributed by atoms with E-state index in [1.54, 1.807) is 4.90 Å². The van der Waals surface area contributed by atoms with E-state index in [0.29, 0.717) is 25.7 Å². The maximum absolute atomic E-state index is 12.5. The van der Waals surface area contributed by atoms with Crippen molar-refractivity contribution >= 4 is 6.03 Å². The van der Waals surface area contributed by atoms with Gasteiger partial charge in [0.05, 0.1) is 13.2 Å². The second-order valence-corrected chi connectivity index (χ2v) is 6.39. The van der Waals surface area contributed by atoms with Crippen LogP contribution in [0.2, 0.25) is 0 Å². The van der Waals surface area contributed by atoms with E-state index >= 15 is 0 Å². The molecule has 2 amide bonds. The van der Waals surface area contributed by atoms with Crippen LogP contribution in [0.1, 0.15) is 19.4 Å². The van der Waals surface area contributed by atoms with E-state index in [1.807, 2.05) is 25.1 Å². The van der Waals surface area contributed by atoms with Gasteiger partial charge in [-0.15, -0.1) is 0 Å². The van der Waals surface area contributed by atoms with Crippen molar-refractivity contribution in [3.8, 4) is 11.5 Å². The van der Waals surface area contributed by atoms with Gasteiger partial charge in [-0.2, -0.15) is 0 Å². The van der Waals surface area contributed by atoms with Crippen LogP contribution in [0.25, 0.3) is 0 Å². The summed E-state index contributed by atoms with van der Waals surface area (Å²) in [5.41, 5.74) is 1.03. The molecule has 138 valence electrons. The van der Waals surface area contributed by atoms with Crippen LogP contribution in [0.4, 0.5) is 4.79 Å². The first-order chi connectivity index (χ1) is 12.2. The monoisotopic (exact) mass is 349 g/mol. The van der Waals surface area contributed by atoms with Crippen LogP contribution >= 0.6 is 0 Å².